The molecule has 0 unspecified atom stereocenters. The Labute approximate surface area is 159 Å². The monoisotopic (exact) mass is 391 g/mol. The lowest BCUT2D eigenvalue weighted by atomic mass is 9.80. The summed E-state index contributed by atoms with van der Waals surface area (Å²) in [6.07, 6.45) is 0. The van der Waals surface area contributed by atoms with Crippen molar-refractivity contribution in [2.24, 2.45) is 5.92 Å². The number of halogens is 2. The van der Waals surface area contributed by atoms with Crippen LogP contribution in [0.15, 0.2) is 42.5 Å². The van der Waals surface area contributed by atoms with Crippen molar-refractivity contribution in [3.63, 3.8) is 0 Å². The van der Waals surface area contributed by atoms with Gasteiger partial charge in [-0.05, 0) is 49.4 Å². The van der Waals surface area contributed by atoms with Crippen molar-refractivity contribution in [1.29, 1.82) is 0 Å². The fraction of sp³-hybridized carbons (Fsp3) is 0.222. The van der Waals surface area contributed by atoms with Gasteiger partial charge in [-0.3, -0.25) is 10.1 Å². The molecule has 26 heavy (non-hydrogen) atoms. The number of ether oxygens (including phenoxy) is 1. The molecule has 2 bridgehead atoms. The number of hydrogen-bond acceptors (Lipinski definition) is 3. The van der Waals surface area contributed by atoms with E-state index in [0.29, 0.717) is 27.0 Å². The molecule has 3 atom stereocenters. The lowest BCUT2D eigenvalue weighted by molar-refractivity contribution is -0.133. The minimum absolute atomic E-state index is 0.294. The molecule has 1 saturated heterocycles. The molecular weight excluding hydrogens is 377 g/mol. The zero-order valence-electron chi connectivity index (χ0n) is 13.7. The zero-order valence-corrected chi connectivity index (χ0v) is 15.2. The number of rotatable bonds is 2. The highest BCUT2D eigenvalue weighted by molar-refractivity contribution is 6.31. The highest BCUT2D eigenvalue weighted by atomic mass is 35.5. The van der Waals surface area contributed by atoms with E-state index in [9.17, 15) is 9.59 Å². The first kappa shape index (κ1) is 17.0. The summed E-state index contributed by atoms with van der Waals surface area (Å²) in [5.41, 5.74) is 0.0787. The highest BCUT2D eigenvalue weighted by Gasteiger charge is 2.55. The Bertz CT molecular complexity index is 903. The van der Waals surface area contributed by atoms with Crippen molar-refractivity contribution >= 4 is 40.8 Å². The Kier molecular flexibility index (Phi) is 3.97. The maximum Gasteiger partial charge on any atom is 0.318 e. The molecule has 0 radical (unpaired) electrons. The molecule has 2 aliphatic heterocycles. The van der Waals surface area contributed by atoms with Crippen molar-refractivity contribution in [3.8, 4) is 5.75 Å². The SMILES string of the molecule is C[C@@]12NC(=O)N[C@H](c3cc(Cl)ccc3O1)[C@@H]2C(=O)Nc1ccc(Cl)cc1. The molecule has 3 amide bonds. The predicted octanol–water partition coefficient (Wildman–Crippen LogP) is 3.71. The summed E-state index contributed by atoms with van der Waals surface area (Å²) in [6, 6.07) is 11.0. The molecule has 2 aromatic rings. The van der Waals surface area contributed by atoms with Crippen LogP contribution in [0.5, 0.6) is 5.75 Å². The van der Waals surface area contributed by atoms with Crippen LogP contribution in [0.25, 0.3) is 0 Å². The Hall–Kier alpha value is -2.44. The molecule has 2 aliphatic rings. The van der Waals surface area contributed by atoms with Gasteiger partial charge in [-0.1, -0.05) is 23.2 Å². The molecular formula is C18H15Cl2N3O3. The van der Waals surface area contributed by atoms with E-state index in [0.717, 1.165) is 0 Å². The number of hydrogen-bond donors (Lipinski definition) is 3. The van der Waals surface area contributed by atoms with Crippen LogP contribution in [-0.4, -0.2) is 17.7 Å². The van der Waals surface area contributed by atoms with Crippen LogP contribution in [0.1, 0.15) is 18.5 Å². The van der Waals surface area contributed by atoms with Gasteiger partial charge in [0.05, 0.1) is 6.04 Å². The number of urea groups is 1. The molecule has 134 valence electrons. The second-order valence-corrected chi connectivity index (χ2v) is 7.31. The number of benzene rings is 2. The van der Waals surface area contributed by atoms with Gasteiger partial charge in [0.2, 0.25) is 5.91 Å². The van der Waals surface area contributed by atoms with E-state index in [2.05, 4.69) is 16.0 Å². The standard InChI is InChI=1S/C18H15Cl2N3O3/c1-18-14(16(24)21-11-5-2-9(19)3-6-11)15(22-17(25)23-18)12-8-10(20)4-7-13(12)26-18/h2-8,14-15H,1H3,(H,21,24)(H2,22,23,25)/t14-,15-,18-/m1/s1. The third-order valence-electron chi connectivity index (χ3n) is 4.60. The van der Waals surface area contributed by atoms with Gasteiger partial charge in [0, 0.05) is 21.3 Å². The lowest BCUT2D eigenvalue weighted by Gasteiger charge is -2.49. The molecule has 3 N–H and O–H groups in total. The van der Waals surface area contributed by atoms with E-state index in [1.807, 2.05) is 0 Å². The van der Waals surface area contributed by atoms with Crippen LogP contribution in [-0.2, 0) is 4.79 Å². The second kappa shape index (κ2) is 6.07. The van der Waals surface area contributed by atoms with Gasteiger partial charge in [0.1, 0.15) is 11.7 Å². The van der Waals surface area contributed by atoms with Gasteiger partial charge in [0.25, 0.3) is 0 Å². The number of carbonyl (C=O) groups is 2. The first-order chi connectivity index (χ1) is 12.4. The maximum absolute atomic E-state index is 13.0. The summed E-state index contributed by atoms with van der Waals surface area (Å²) in [7, 11) is 0. The Morgan fingerprint density at radius 3 is 2.58 bits per heavy atom. The molecule has 8 heteroatoms. The van der Waals surface area contributed by atoms with Crippen molar-refractivity contribution in [3.05, 3.63) is 58.1 Å². The minimum atomic E-state index is -1.19. The average Bonchev–Trinajstić information content (AvgIpc) is 2.56. The number of fused-ring (bicyclic) bond motifs is 4. The van der Waals surface area contributed by atoms with Crippen molar-refractivity contribution < 1.29 is 14.3 Å². The van der Waals surface area contributed by atoms with E-state index in [1.165, 1.54) is 0 Å². The van der Waals surface area contributed by atoms with Gasteiger partial charge in [0.15, 0.2) is 5.72 Å². The average molecular weight is 392 g/mol. The van der Waals surface area contributed by atoms with Gasteiger partial charge < -0.3 is 15.4 Å². The maximum atomic E-state index is 13.0. The van der Waals surface area contributed by atoms with Gasteiger partial charge in [-0.25, -0.2) is 4.79 Å². The largest absolute Gasteiger partial charge is 0.467 e. The topological polar surface area (TPSA) is 79.5 Å². The van der Waals surface area contributed by atoms with Crippen LogP contribution in [0.2, 0.25) is 10.0 Å². The van der Waals surface area contributed by atoms with E-state index >= 15 is 0 Å². The molecule has 2 aromatic carbocycles. The summed E-state index contributed by atoms with van der Waals surface area (Å²) in [4.78, 5) is 25.1. The summed E-state index contributed by atoms with van der Waals surface area (Å²) in [5, 5.41) is 9.46. The van der Waals surface area contributed by atoms with Gasteiger partial charge in [-0.15, -0.1) is 0 Å². The Morgan fingerprint density at radius 1 is 1.15 bits per heavy atom. The molecule has 1 fully saturated rings. The lowest BCUT2D eigenvalue weighted by Crippen LogP contribution is -2.70. The first-order valence-electron chi connectivity index (χ1n) is 7.99. The van der Waals surface area contributed by atoms with Crippen LogP contribution in [0, 0.1) is 5.92 Å². The predicted molar refractivity (Wildman–Crippen MR) is 98.5 cm³/mol. The van der Waals surface area contributed by atoms with Crippen LogP contribution in [0.3, 0.4) is 0 Å². The zero-order chi connectivity index (χ0) is 18.5. The molecule has 0 aliphatic carbocycles. The summed E-state index contributed by atoms with van der Waals surface area (Å²) in [5.74, 6) is -0.426. The van der Waals surface area contributed by atoms with E-state index in [1.54, 1.807) is 49.4 Å². The van der Waals surface area contributed by atoms with E-state index in [-0.39, 0.29) is 5.91 Å². The molecule has 6 nitrogen and oxygen atoms in total. The number of nitrogens with one attached hydrogen (secondary N) is 3. The van der Waals surface area contributed by atoms with Gasteiger partial charge in [-0.2, -0.15) is 0 Å². The fourth-order valence-electron chi connectivity index (χ4n) is 3.47. The third kappa shape index (κ3) is 2.85. The second-order valence-electron chi connectivity index (χ2n) is 6.44. The normalized spacial score (nSPS) is 26.0. The fourth-order valence-corrected chi connectivity index (χ4v) is 3.77. The molecule has 0 saturated carbocycles. The minimum Gasteiger partial charge on any atom is -0.467 e. The molecule has 2 heterocycles. The molecule has 0 spiro atoms. The van der Waals surface area contributed by atoms with Gasteiger partial charge >= 0.3 is 6.03 Å². The van der Waals surface area contributed by atoms with Crippen LogP contribution < -0.4 is 20.7 Å². The van der Waals surface area contributed by atoms with E-state index < -0.39 is 23.7 Å². The quantitative estimate of drug-likeness (QED) is 0.729. The van der Waals surface area contributed by atoms with Crippen LogP contribution in [0.4, 0.5) is 10.5 Å². The van der Waals surface area contributed by atoms with Crippen molar-refractivity contribution in [1.82, 2.24) is 10.6 Å². The smallest absolute Gasteiger partial charge is 0.318 e. The highest BCUT2D eigenvalue weighted by Crippen LogP contribution is 2.45. The van der Waals surface area contributed by atoms with Crippen molar-refractivity contribution in [2.75, 3.05) is 5.32 Å². The Balaban J connectivity index is 1.71. The third-order valence-corrected chi connectivity index (χ3v) is 5.09. The Morgan fingerprint density at radius 2 is 1.85 bits per heavy atom. The number of amides is 3. The molecule has 0 aromatic heterocycles. The summed E-state index contributed by atoms with van der Waals surface area (Å²) < 4.78 is 5.99. The summed E-state index contributed by atoms with van der Waals surface area (Å²) >= 11 is 12.0. The van der Waals surface area contributed by atoms with Crippen molar-refractivity contribution in [2.45, 2.75) is 18.7 Å². The number of carbonyl (C=O) groups excluding carboxylic acids is 2. The number of anilines is 1. The van der Waals surface area contributed by atoms with E-state index in [4.69, 9.17) is 27.9 Å². The first-order valence-corrected chi connectivity index (χ1v) is 8.75. The summed E-state index contributed by atoms with van der Waals surface area (Å²) in [6.45, 7) is 1.68. The molecule has 4 rings (SSSR count). The van der Waals surface area contributed by atoms with Crippen LogP contribution >= 0.6 is 23.2 Å².